The summed E-state index contributed by atoms with van der Waals surface area (Å²) in [6, 6.07) is 0.785. The summed E-state index contributed by atoms with van der Waals surface area (Å²) in [6.45, 7) is 11.7. The molecule has 1 fully saturated rings. The molecule has 0 radical (unpaired) electrons. The van der Waals surface area contributed by atoms with Crippen LogP contribution in [0, 0.1) is 5.92 Å². The van der Waals surface area contributed by atoms with Crippen LogP contribution in [0.3, 0.4) is 0 Å². The Kier molecular flexibility index (Phi) is 4.74. The zero-order chi connectivity index (χ0) is 9.68. The van der Waals surface area contributed by atoms with Gasteiger partial charge in [0.15, 0.2) is 0 Å². The number of nitrogens with one attached hydrogen (secondary N) is 1. The quantitative estimate of drug-likeness (QED) is 0.669. The fourth-order valence-corrected chi connectivity index (χ4v) is 2.14. The summed E-state index contributed by atoms with van der Waals surface area (Å²) in [5, 5.41) is 3.39. The second-order valence-corrected chi connectivity index (χ2v) is 4.25. The first-order valence-corrected chi connectivity index (χ1v) is 5.70. The lowest BCUT2D eigenvalue weighted by Crippen LogP contribution is -2.45. The molecule has 0 aliphatic carbocycles. The largest absolute Gasteiger partial charge is 0.316 e. The van der Waals surface area contributed by atoms with E-state index in [9.17, 15) is 0 Å². The Morgan fingerprint density at radius 3 is 2.85 bits per heavy atom. The highest BCUT2D eigenvalue weighted by Crippen LogP contribution is 2.21. The van der Waals surface area contributed by atoms with Gasteiger partial charge < -0.3 is 5.32 Å². The summed E-state index contributed by atoms with van der Waals surface area (Å²) in [5.74, 6) is 0.885. The van der Waals surface area contributed by atoms with E-state index in [1.54, 1.807) is 0 Å². The van der Waals surface area contributed by atoms with Crippen LogP contribution in [0.15, 0.2) is 0 Å². The van der Waals surface area contributed by atoms with E-state index >= 15 is 0 Å². The Balaban J connectivity index is 2.23. The molecule has 2 heteroatoms. The van der Waals surface area contributed by atoms with E-state index in [2.05, 4.69) is 31.0 Å². The highest BCUT2D eigenvalue weighted by Gasteiger charge is 2.23. The topological polar surface area (TPSA) is 15.3 Å². The third kappa shape index (κ3) is 3.28. The number of likely N-dealkylation sites (N-methyl/N-ethyl adjacent to an activating group) is 1. The van der Waals surface area contributed by atoms with Gasteiger partial charge in [0.2, 0.25) is 0 Å². The number of rotatable bonds is 4. The number of hydrogen-bond acceptors (Lipinski definition) is 2. The van der Waals surface area contributed by atoms with Gasteiger partial charge in [0.05, 0.1) is 0 Å². The smallest absolute Gasteiger partial charge is 0.0110 e. The Hall–Kier alpha value is -0.0800. The van der Waals surface area contributed by atoms with Crippen molar-refractivity contribution in [2.45, 2.75) is 39.7 Å². The van der Waals surface area contributed by atoms with Crippen LogP contribution >= 0.6 is 0 Å². The fraction of sp³-hybridized carbons (Fsp3) is 1.00. The molecule has 1 N–H and O–H groups in total. The van der Waals surface area contributed by atoms with Gasteiger partial charge in [-0.25, -0.2) is 0 Å². The molecular formula is C11H24N2. The first-order chi connectivity index (χ1) is 6.25. The Morgan fingerprint density at radius 1 is 1.38 bits per heavy atom. The molecule has 0 bridgehead atoms. The minimum atomic E-state index is 0.785. The number of nitrogens with zero attached hydrogens (tertiary/aromatic N) is 1. The highest BCUT2D eigenvalue weighted by molar-refractivity contribution is 4.78. The van der Waals surface area contributed by atoms with Crippen molar-refractivity contribution in [3.05, 3.63) is 0 Å². The first kappa shape index (κ1) is 11.0. The van der Waals surface area contributed by atoms with Crippen molar-refractivity contribution in [3.8, 4) is 0 Å². The van der Waals surface area contributed by atoms with Crippen LogP contribution in [0.1, 0.15) is 33.6 Å². The van der Waals surface area contributed by atoms with E-state index in [0.29, 0.717) is 0 Å². The van der Waals surface area contributed by atoms with Gasteiger partial charge in [-0.15, -0.1) is 0 Å². The average molecular weight is 184 g/mol. The predicted octanol–water partition coefficient (Wildman–Crippen LogP) is 1.72. The minimum Gasteiger partial charge on any atom is -0.316 e. The number of hydrogen-bond donors (Lipinski definition) is 1. The van der Waals surface area contributed by atoms with Crippen LogP contribution < -0.4 is 5.32 Å². The Labute approximate surface area is 82.7 Å². The standard InChI is InChI=1S/C11H24N2/c1-4-12-7-9-13-8-5-6-10(2)11(13)3/h10-12H,4-9H2,1-3H3. The molecule has 2 unspecified atom stereocenters. The molecule has 1 heterocycles. The van der Waals surface area contributed by atoms with Gasteiger partial charge in [-0.1, -0.05) is 13.8 Å². The molecule has 1 aliphatic rings. The summed E-state index contributed by atoms with van der Waals surface area (Å²) in [5.41, 5.74) is 0. The first-order valence-electron chi connectivity index (χ1n) is 5.70. The van der Waals surface area contributed by atoms with E-state index in [1.165, 1.54) is 25.9 Å². The SMILES string of the molecule is CCNCCN1CCCC(C)C1C. The van der Waals surface area contributed by atoms with Gasteiger partial charge in [-0.05, 0) is 38.8 Å². The molecule has 13 heavy (non-hydrogen) atoms. The highest BCUT2D eigenvalue weighted by atomic mass is 15.2. The molecule has 1 rings (SSSR count). The second kappa shape index (κ2) is 5.61. The van der Waals surface area contributed by atoms with Crippen molar-refractivity contribution in [1.82, 2.24) is 10.2 Å². The van der Waals surface area contributed by atoms with Crippen molar-refractivity contribution < 1.29 is 0 Å². The summed E-state index contributed by atoms with van der Waals surface area (Å²) in [4.78, 5) is 2.62. The van der Waals surface area contributed by atoms with Gasteiger partial charge in [0, 0.05) is 19.1 Å². The lowest BCUT2D eigenvalue weighted by Gasteiger charge is -2.37. The molecule has 1 saturated heterocycles. The van der Waals surface area contributed by atoms with E-state index in [0.717, 1.165) is 25.0 Å². The van der Waals surface area contributed by atoms with Crippen LogP contribution in [0.2, 0.25) is 0 Å². The summed E-state index contributed by atoms with van der Waals surface area (Å²) >= 11 is 0. The molecule has 0 spiro atoms. The van der Waals surface area contributed by atoms with Crippen molar-refractivity contribution >= 4 is 0 Å². The van der Waals surface area contributed by atoms with Gasteiger partial charge >= 0.3 is 0 Å². The fourth-order valence-electron chi connectivity index (χ4n) is 2.14. The zero-order valence-electron chi connectivity index (χ0n) is 9.34. The van der Waals surface area contributed by atoms with Gasteiger partial charge in [-0.3, -0.25) is 4.90 Å². The van der Waals surface area contributed by atoms with E-state index < -0.39 is 0 Å². The molecule has 0 saturated carbocycles. The molecule has 0 amide bonds. The van der Waals surface area contributed by atoms with Crippen LogP contribution in [0.25, 0.3) is 0 Å². The molecule has 1 aliphatic heterocycles. The molecular weight excluding hydrogens is 160 g/mol. The zero-order valence-corrected chi connectivity index (χ0v) is 9.34. The predicted molar refractivity (Wildman–Crippen MR) is 58.0 cm³/mol. The Morgan fingerprint density at radius 2 is 2.15 bits per heavy atom. The summed E-state index contributed by atoms with van der Waals surface area (Å²) < 4.78 is 0. The molecule has 0 aromatic rings. The van der Waals surface area contributed by atoms with E-state index in [-0.39, 0.29) is 0 Å². The normalized spacial score (nSPS) is 30.7. The van der Waals surface area contributed by atoms with Gasteiger partial charge in [0.1, 0.15) is 0 Å². The van der Waals surface area contributed by atoms with Crippen LogP contribution in [-0.4, -0.2) is 37.1 Å². The van der Waals surface area contributed by atoms with Crippen molar-refractivity contribution in [1.29, 1.82) is 0 Å². The van der Waals surface area contributed by atoms with Gasteiger partial charge in [-0.2, -0.15) is 0 Å². The summed E-state index contributed by atoms with van der Waals surface area (Å²) in [7, 11) is 0. The van der Waals surface area contributed by atoms with E-state index in [1.807, 2.05) is 0 Å². The number of likely N-dealkylation sites (tertiary alicyclic amines) is 1. The lowest BCUT2D eigenvalue weighted by molar-refractivity contribution is 0.115. The third-order valence-corrected chi connectivity index (χ3v) is 3.33. The molecule has 0 aromatic heterocycles. The molecule has 0 aromatic carbocycles. The maximum atomic E-state index is 3.39. The maximum Gasteiger partial charge on any atom is 0.0110 e. The maximum absolute atomic E-state index is 3.39. The van der Waals surface area contributed by atoms with Gasteiger partial charge in [0.25, 0.3) is 0 Å². The average Bonchev–Trinajstić information content (AvgIpc) is 2.13. The van der Waals surface area contributed by atoms with Crippen molar-refractivity contribution in [2.24, 2.45) is 5.92 Å². The monoisotopic (exact) mass is 184 g/mol. The van der Waals surface area contributed by atoms with E-state index in [4.69, 9.17) is 0 Å². The van der Waals surface area contributed by atoms with Crippen LogP contribution in [0.4, 0.5) is 0 Å². The van der Waals surface area contributed by atoms with Crippen LogP contribution in [0.5, 0.6) is 0 Å². The van der Waals surface area contributed by atoms with Crippen molar-refractivity contribution in [3.63, 3.8) is 0 Å². The third-order valence-electron chi connectivity index (χ3n) is 3.33. The second-order valence-electron chi connectivity index (χ2n) is 4.25. The summed E-state index contributed by atoms with van der Waals surface area (Å²) in [6.07, 6.45) is 2.80. The molecule has 2 nitrogen and oxygen atoms in total. The van der Waals surface area contributed by atoms with Crippen LogP contribution in [-0.2, 0) is 0 Å². The molecule has 78 valence electrons. The lowest BCUT2D eigenvalue weighted by atomic mass is 9.92. The van der Waals surface area contributed by atoms with Crippen molar-refractivity contribution in [2.75, 3.05) is 26.2 Å². The Bertz CT molecular complexity index is 136. The number of piperidine rings is 1. The molecule has 2 atom stereocenters. The minimum absolute atomic E-state index is 0.785.